The predicted molar refractivity (Wildman–Crippen MR) is 165 cm³/mol. The minimum absolute atomic E-state index is 0.378. The van der Waals surface area contributed by atoms with Gasteiger partial charge in [-0.2, -0.15) is 9.49 Å². The molecule has 0 unspecified atom stereocenters. The number of imidazole rings is 2. The summed E-state index contributed by atoms with van der Waals surface area (Å²) in [5, 5.41) is 8.19. The number of nitrogens with zero attached hydrogens (tertiary/aromatic N) is 8. The fourth-order valence-corrected chi connectivity index (χ4v) is 4.49. The van der Waals surface area contributed by atoms with E-state index < -0.39 is 5.95 Å². The second-order valence-electron chi connectivity index (χ2n) is 10.4. The smallest absolute Gasteiger partial charge is 0.234 e. The van der Waals surface area contributed by atoms with Gasteiger partial charge in [-0.25, -0.2) is 19.0 Å². The summed E-state index contributed by atoms with van der Waals surface area (Å²) in [4.78, 5) is 13.2. The number of alkyl halides is 1. The van der Waals surface area contributed by atoms with Crippen molar-refractivity contribution in [2.75, 3.05) is 44.7 Å². The van der Waals surface area contributed by atoms with Crippen LogP contribution in [0.5, 0.6) is 0 Å². The number of rotatable bonds is 7. The molecule has 0 saturated carbocycles. The Balaban J connectivity index is 0.000000168. The third-order valence-electron chi connectivity index (χ3n) is 6.98. The van der Waals surface area contributed by atoms with E-state index in [1.54, 1.807) is 23.0 Å². The fraction of sp³-hybridized carbons (Fsp3) is 0.250. The third-order valence-corrected chi connectivity index (χ3v) is 6.98. The lowest BCUT2D eigenvalue weighted by Crippen LogP contribution is -2.07. The number of aryl methyl sites for hydroxylation is 2. The Kier molecular flexibility index (Phi) is 8.42. The summed E-state index contributed by atoms with van der Waals surface area (Å²) in [6.45, 7) is 1.53. The maximum Gasteiger partial charge on any atom is 0.234 e. The highest BCUT2D eigenvalue weighted by molar-refractivity contribution is 5.66. The van der Waals surface area contributed by atoms with Crippen molar-refractivity contribution in [3.05, 3.63) is 96.3 Å². The van der Waals surface area contributed by atoms with Crippen molar-refractivity contribution in [1.29, 1.82) is 0 Å². The molecule has 8 nitrogen and oxygen atoms in total. The Morgan fingerprint density at radius 1 is 0.738 bits per heavy atom. The molecule has 0 aliphatic carbocycles. The molecule has 0 radical (unpaired) electrons. The van der Waals surface area contributed by atoms with Crippen molar-refractivity contribution in [1.82, 2.24) is 29.2 Å². The number of halogens is 2. The maximum absolute atomic E-state index is 13.7. The number of benzene rings is 2. The highest BCUT2D eigenvalue weighted by atomic mass is 19.1. The van der Waals surface area contributed by atoms with E-state index in [1.807, 2.05) is 88.7 Å². The van der Waals surface area contributed by atoms with Gasteiger partial charge in [0.15, 0.2) is 11.3 Å². The summed E-state index contributed by atoms with van der Waals surface area (Å²) in [5.41, 5.74) is 8.82. The molecule has 0 saturated heterocycles. The SMILES string of the molecule is CCc1cc2nc(-c3ccc(N(C)C)cc3)cn2nc1F.CN(C)c1ccc(-c2cn3ncc(CCF)cc3n2)cc1. The van der Waals surface area contributed by atoms with E-state index in [2.05, 4.69) is 37.2 Å². The number of fused-ring (bicyclic) bond motifs is 2. The average Bonchev–Trinajstić information content (AvgIpc) is 3.61. The number of hydrogen-bond donors (Lipinski definition) is 0. The summed E-state index contributed by atoms with van der Waals surface area (Å²) in [6.07, 6.45) is 6.31. The van der Waals surface area contributed by atoms with Crippen molar-refractivity contribution in [3.63, 3.8) is 0 Å². The van der Waals surface area contributed by atoms with Crippen LogP contribution in [0.15, 0.2) is 79.3 Å². The Bertz CT molecular complexity index is 1790. The normalized spacial score (nSPS) is 11.0. The van der Waals surface area contributed by atoms with Gasteiger partial charge in [0.2, 0.25) is 5.95 Å². The molecule has 0 spiro atoms. The monoisotopic (exact) mass is 568 g/mol. The van der Waals surface area contributed by atoms with E-state index in [-0.39, 0.29) is 6.67 Å². The summed E-state index contributed by atoms with van der Waals surface area (Å²) in [7, 11) is 8.02. The zero-order valence-corrected chi connectivity index (χ0v) is 24.5. The summed E-state index contributed by atoms with van der Waals surface area (Å²) in [6, 6.07) is 19.9. The second-order valence-corrected chi connectivity index (χ2v) is 10.4. The van der Waals surface area contributed by atoms with Gasteiger partial charge in [-0.15, -0.1) is 5.10 Å². The molecule has 2 aromatic carbocycles. The summed E-state index contributed by atoms with van der Waals surface area (Å²) in [5.74, 6) is -0.433. The zero-order valence-electron chi connectivity index (χ0n) is 24.5. The zero-order chi connectivity index (χ0) is 29.8. The Labute approximate surface area is 243 Å². The molecule has 6 rings (SSSR count). The molecule has 0 aliphatic rings. The van der Waals surface area contributed by atoms with Gasteiger partial charge in [0.25, 0.3) is 0 Å². The minimum atomic E-state index is -0.433. The molecule has 0 bridgehead atoms. The van der Waals surface area contributed by atoms with Gasteiger partial charge >= 0.3 is 0 Å². The van der Waals surface area contributed by atoms with Crippen molar-refractivity contribution < 1.29 is 8.78 Å². The number of aromatic nitrogens is 6. The van der Waals surface area contributed by atoms with Crippen LogP contribution in [0.1, 0.15) is 18.1 Å². The van der Waals surface area contributed by atoms with E-state index in [4.69, 9.17) is 0 Å². The summed E-state index contributed by atoms with van der Waals surface area (Å²) < 4.78 is 29.3. The van der Waals surface area contributed by atoms with Crippen molar-refractivity contribution in [2.45, 2.75) is 19.8 Å². The molecular weight excluding hydrogens is 534 g/mol. The van der Waals surface area contributed by atoms with Gasteiger partial charge in [-0.05, 0) is 48.4 Å². The lowest BCUT2D eigenvalue weighted by Gasteiger charge is -2.11. The van der Waals surface area contributed by atoms with Crippen LogP contribution in [-0.4, -0.2) is 64.1 Å². The molecule has 0 aliphatic heterocycles. The standard InChI is InChI=1S/2C16H17FN4/c1-20(2)14-5-3-13(4-6-14)15-11-21-16(19-15)9-12(7-8-17)10-18-21;1-4-11-9-15-18-14(10-21(15)19-16(11)17)12-5-7-13(8-6-12)20(2)3/h3-6,9-11H,7-8H2,1-2H3;5-10H,4H2,1-3H3. The predicted octanol–water partition coefficient (Wildman–Crippen LogP) is 6.14. The topological polar surface area (TPSA) is 66.9 Å². The third kappa shape index (κ3) is 6.22. The highest BCUT2D eigenvalue weighted by Gasteiger charge is 2.10. The Hall–Kier alpha value is -4.86. The molecule has 0 amide bonds. The first-order valence-corrected chi connectivity index (χ1v) is 13.8. The van der Waals surface area contributed by atoms with Gasteiger partial charge in [0.05, 0.1) is 36.7 Å². The molecule has 0 atom stereocenters. The van der Waals surface area contributed by atoms with Crippen molar-refractivity contribution in [2.24, 2.45) is 0 Å². The van der Waals surface area contributed by atoms with Crippen LogP contribution in [0, 0.1) is 5.95 Å². The molecule has 4 aromatic heterocycles. The van der Waals surface area contributed by atoms with Gasteiger partial charge in [-0.3, -0.25) is 4.39 Å². The van der Waals surface area contributed by atoms with E-state index >= 15 is 0 Å². The fourth-order valence-electron chi connectivity index (χ4n) is 4.49. The summed E-state index contributed by atoms with van der Waals surface area (Å²) >= 11 is 0. The Morgan fingerprint density at radius 2 is 1.26 bits per heavy atom. The van der Waals surface area contributed by atoms with Crippen LogP contribution >= 0.6 is 0 Å². The molecule has 42 heavy (non-hydrogen) atoms. The van der Waals surface area contributed by atoms with E-state index in [9.17, 15) is 8.78 Å². The largest absolute Gasteiger partial charge is 0.378 e. The molecule has 216 valence electrons. The number of hydrogen-bond acceptors (Lipinski definition) is 6. The van der Waals surface area contributed by atoms with Crippen LogP contribution in [-0.2, 0) is 12.8 Å². The van der Waals surface area contributed by atoms with Crippen molar-refractivity contribution >= 4 is 22.7 Å². The quantitative estimate of drug-likeness (QED) is 0.231. The van der Waals surface area contributed by atoms with Gasteiger partial charge in [0, 0.05) is 62.7 Å². The molecular formula is C32H34F2N8. The number of anilines is 2. The average molecular weight is 569 g/mol. The molecule has 0 N–H and O–H groups in total. The van der Waals surface area contributed by atoms with E-state index in [0.717, 1.165) is 45.1 Å². The van der Waals surface area contributed by atoms with Gasteiger partial charge in [-0.1, -0.05) is 31.2 Å². The van der Waals surface area contributed by atoms with Crippen LogP contribution in [0.4, 0.5) is 20.2 Å². The highest BCUT2D eigenvalue weighted by Crippen LogP contribution is 2.24. The Morgan fingerprint density at radius 3 is 1.76 bits per heavy atom. The van der Waals surface area contributed by atoms with E-state index in [0.29, 0.717) is 24.1 Å². The van der Waals surface area contributed by atoms with Crippen LogP contribution in [0.2, 0.25) is 0 Å². The van der Waals surface area contributed by atoms with Crippen LogP contribution < -0.4 is 9.80 Å². The van der Waals surface area contributed by atoms with Gasteiger partial charge in [0.1, 0.15) is 0 Å². The lowest BCUT2D eigenvalue weighted by atomic mass is 10.1. The first-order chi connectivity index (χ1) is 20.2. The second kappa shape index (κ2) is 12.3. The minimum Gasteiger partial charge on any atom is -0.378 e. The first kappa shape index (κ1) is 28.7. The molecule has 6 aromatic rings. The molecule has 10 heteroatoms. The van der Waals surface area contributed by atoms with Crippen molar-refractivity contribution in [3.8, 4) is 22.5 Å². The van der Waals surface area contributed by atoms with Crippen LogP contribution in [0.3, 0.4) is 0 Å². The molecule has 0 fully saturated rings. The first-order valence-electron chi connectivity index (χ1n) is 13.8. The van der Waals surface area contributed by atoms with E-state index in [1.165, 1.54) is 4.52 Å². The lowest BCUT2D eigenvalue weighted by molar-refractivity contribution is 0.494. The van der Waals surface area contributed by atoms with Gasteiger partial charge < -0.3 is 9.80 Å². The maximum atomic E-state index is 13.7. The van der Waals surface area contributed by atoms with Crippen LogP contribution in [0.25, 0.3) is 33.8 Å². The molecule has 4 heterocycles.